The lowest BCUT2D eigenvalue weighted by Crippen LogP contribution is -2.34. The molecule has 1 atom stereocenters. The lowest BCUT2D eigenvalue weighted by molar-refractivity contribution is 0.0582. The minimum Gasteiger partial charge on any atom is -0.395 e. The van der Waals surface area contributed by atoms with E-state index in [1.165, 1.54) is 0 Å². The molecule has 1 fully saturated rings. The van der Waals surface area contributed by atoms with Crippen LogP contribution < -0.4 is 0 Å². The molecule has 21 heavy (non-hydrogen) atoms. The van der Waals surface area contributed by atoms with E-state index in [1.54, 1.807) is 30.3 Å². The number of amides is 1. The Labute approximate surface area is 124 Å². The van der Waals surface area contributed by atoms with Crippen LogP contribution in [0.1, 0.15) is 35.3 Å². The number of carbonyl (C=O) groups excluding carboxylic acids is 1. The zero-order valence-electron chi connectivity index (χ0n) is 12.2. The number of likely N-dealkylation sites (N-methyl/N-ethyl adjacent to an activating group) is 1. The Bertz CT molecular complexity index is 542. The van der Waals surface area contributed by atoms with Gasteiger partial charge in [-0.2, -0.15) is 0 Å². The van der Waals surface area contributed by atoms with Gasteiger partial charge in [-0.15, -0.1) is 0 Å². The van der Waals surface area contributed by atoms with Crippen LogP contribution in [-0.4, -0.2) is 53.8 Å². The summed E-state index contributed by atoms with van der Waals surface area (Å²) in [6.45, 7) is 1.35. The summed E-state index contributed by atoms with van der Waals surface area (Å²) in [5.41, 5.74) is 0.943. The van der Waals surface area contributed by atoms with E-state index in [2.05, 4.69) is 16.8 Å². The molecule has 0 aromatic carbocycles. The fraction of sp³-hybridized carbons (Fsp3) is 0.500. The van der Waals surface area contributed by atoms with Crippen molar-refractivity contribution < 1.29 is 14.6 Å². The van der Waals surface area contributed by atoms with Crippen LogP contribution in [0.15, 0.2) is 18.3 Å². The predicted octanol–water partition coefficient (Wildman–Crippen LogP) is 1.07. The van der Waals surface area contributed by atoms with Crippen molar-refractivity contribution in [1.82, 2.24) is 9.88 Å². The molecule has 1 aliphatic heterocycles. The van der Waals surface area contributed by atoms with Gasteiger partial charge in [0.25, 0.3) is 5.91 Å². The number of pyridine rings is 1. The van der Waals surface area contributed by atoms with Crippen molar-refractivity contribution in [3.8, 4) is 11.8 Å². The molecule has 0 aliphatic carbocycles. The van der Waals surface area contributed by atoms with Gasteiger partial charge < -0.3 is 14.7 Å². The van der Waals surface area contributed by atoms with Crippen LogP contribution >= 0.6 is 0 Å². The molecule has 1 saturated heterocycles. The van der Waals surface area contributed by atoms with Gasteiger partial charge in [-0.25, -0.2) is 4.98 Å². The molecule has 0 saturated carbocycles. The van der Waals surface area contributed by atoms with E-state index in [-0.39, 0.29) is 18.6 Å². The normalized spacial score (nSPS) is 17.1. The van der Waals surface area contributed by atoms with Crippen molar-refractivity contribution in [1.29, 1.82) is 0 Å². The standard InChI is InChI=1S/C16H20N2O3/c1-18(12-14-8-5-11-21-14)16(20)15-13(6-2-3-10-19)7-4-9-17-15/h4,7,9,14,19H,3,5,8,10-12H2,1H3. The van der Waals surface area contributed by atoms with E-state index < -0.39 is 0 Å². The molecule has 1 amide bonds. The summed E-state index contributed by atoms with van der Waals surface area (Å²) in [7, 11) is 1.75. The van der Waals surface area contributed by atoms with E-state index in [9.17, 15) is 4.79 Å². The Kier molecular flexibility index (Phi) is 5.73. The number of aromatic nitrogens is 1. The quantitative estimate of drug-likeness (QED) is 0.842. The summed E-state index contributed by atoms with van der Waals surface area (Å²) in [5, 5.41) is 8.76. The largest absolute Gasteiger partial charge is 0.395 e. The average Bonchev–Trinajstić information content (AvgIpc) is 3.00. The molecule has 1 aromatic heterocycles. The third-order valence-electron chi connectivity index (χ3n) is 3.32. The monoisotopic (exact) mass is 288 g/mol. The van der Waals surface area contributed by atoms with Gasteiger partial charge in [0.15, 0.2) is 0 Å². The smallest absolute Gasteiger partial charge is 0.273 e. The molecule has 2 heterocycles. The average molecular weight is 288 g/mol. The lowest BCUT2D eigenvalue weighted by atomic mass is 10.1. The molecule has 1 N–H and O–H groups in total. The van der Waals surface area contributed by atoms with E-state index in [4.69, 9.17) is 9.84 Å². The highest BCUT2D eigenvalue weighted by molar-refractivity contribution is 5.94. The van der Waals surface area contributed by atoms with Crippen molar-refractivity contribution in [2.24, 2.45) is 0 Å². The first-order chi connectivity index (χ1) is 10.2. The molecule has 0 spiro atoms. The molecular formula is C16H20N2O3. The molecule has 0 radical (unpaired) electrons. The number of rotatable bonds is 4. The van der Waals surface area contributed by atoms with Crippen molar-refractivity contribution in [3.63, 3.8) is 0 Å². The van der Waals surface area contributed by atoms with E-state index in [1.807, 2.05) is 0 Å². The number of aliphatic hydroxyl groups is 1. The van der Waals surface area contributed by atoms with Crippen molar-refractivity contribution in [2.45, 2.75) is 25.4 Å². The first-order valence-corrected chi connectivity index (χ1v) is 7.14. The first kappa shape index (κ1) is 15.5. The molecule has 0 bridgehead atoms. The van der Waals surface area contributed by atoms with Crippen molar-refractivity contribution >= 4 is 5.91 Å². The lowest BCUT2D eigenvalue weighted by Gasteiger charge is -2.20. The third-order valence-corrected chi connectivity index (χ3v) is 3.32. The van der Waals surface area contributed by atoms with Gasteiger partial charge in [-0.1, -0.05) is 11.8 Å². The number of carbonyl (C=O) groups is 1. The van der Waals surface area contributed by atoms with Crippen LogP contribution in [0, 0.1) is 11.8 Å². The highest BCUT2D eigenvalue weighted by Crippen LogP contribution is 2.14. The summed E-state index contributed by atoms with van der Waals surface area (Å²) in [5.74, 6) is 5.56. The maximum Gasteiger partial charge on any atom is 0.273 e. The van der Waals surface area contributed by atoms with E-state index >= 15 is 0 Å². The number of hydrogen-bond donors (Lipinski definition) is 1. The van der Waals surface area contributed by atoms with Gasteiger partial charge in [-0.3, -0.25) is 4.79 Å². The summed E-state index contributed by atoms with van der Waals surface area (Å²) in [6.07, 6.45) is 4.13. The molecular weight excluding hydrogens is 268 g/mol. The Hall–Kier alpha value is -1.90. The second kappa shape index (κ2) is 7.77. The molecule has 112 valence electrons. The van der Waals surface area contributed by atoms with Crippen LogP contribution in [-0.2, 0) is 4.74 Å². The number of nitrogens with zero attached hydrogens (tertiary/aromatic N) is 2. The van der Waals surface area contributed by atoms with Gasteiger partial charge in [-0.05, 0) is 25.0 Å². The van der Waals surface area contributed by atoms with Crippen LogP contribution in [0.4, 0.5) is 0 Å². The Morgan fingerprint density at radius 1 is 1.62 bits per heavy atom. The zero-order chi connectivity index (χ0) is 15.1. The topological polar surface area (TPSA) is 62.7 Å². The van der Waals surface area contributed by atoms with Crippen LogP contribution in [0.2, 0.25) is 0 Å². The Morgan fingerprint density at radius 2 is 2.48 bits per heavy atom. The van der Waals surface area contributed by atoms with Gasteiger partial charge in [0.1, 0.15) is 5.69 Å². The Morgan fingerprint density at radius 3 is 3.19 bits per heavy atom. The van der Waals surface area contributed by atoms with E-state index in [0.29, 0.717) is 24.2 Å². The van der Waals surface area contributed by atoms with Crippen LogP contribution in [0.5, 0.6) is 0 Å². The Balaban J connectivity index is 2.09. The van der Waals surface area contributed by atoms with Gasteiger partial charge >= 0.3 is 0 Å². The summed E-state index contributed by atoms with van der Waals surface area (Å²) >= 11 is 0. The predicted molar refractivity (Wildman–Crippen MR) is 78.8 cm³/mol. The van der Waals surface area contributed by atoms with Gasteiger partial charge in [0, 0.05) is 32.8 Å². The molecule has 1 unspecified atom stereocenters. The maximum absolute atomic E-state index is 12.5. The maximum atomic E-state index is 12.5. The summed E-state index contributed by atoms with van der Waals surface area (Å²) in [4.78, 5) is 18.3. The second-order valence-corrected chi connectivity index (χ2v) is 5.00. The number of aliphatic hydroxyl groups excluding tert-OH is 1. The van der Waals surface area contributed by atoms with Gasteiger partial charge in [0.05, 0.1) is 18.3 Å². The fourth-order valence-electron chi connectivity index (χ4n) is 2.25. The third kappa shape index (κ3) is 4.28. The zero-order valence-corrected chi connectivity index (χ0v) is 12.2. The second-order valence-electron chi connectivity index (χ2n) is 5.00. The minimum absolute atomic E-state index is 0.00939. The fourth-order valence-corrected chi connectivity index (χ4v) is 2.25. The van der Waals surface area contributed by atoms with E-state index in [0.717, 1.165) is 19.4 Å². The summed E-state index contributed by atoms with van der Waals surface area (Å²) in [6, 6.07) is 3.52. The number of hydrogen-bond acceptors (Lipinski definition) is 4. The molecule has 1 aromatic rings. The number of ether oxygens (including phenoxy) is 1. The highest BCUT2D eigenvalue weighted by atomic mass is 16.5. The minimum atomic E-state index is -0.153. The van der Waals surface area contributed by atoms with Gasteiger partial charge in [0.2, 0.25) is 0 Å². The van der Waals surface area contributed by atoms with Crippen molar-refractivity contribution in [3.05, 3.63) is 29.6 Å². The molecule has 1 aliphatic rings. The van der Waals surface area contributed by atoms with Crippen LogP contribution in [0.25, 0.3) is 0 Å². The van der Waals surface area contributed by atoms with Crippen molar-refractivity contribution in [2.75, 3.05) is 26.8 Å². The summed E-state index contributed by atoms with van der Waals surface area (Å²) < 4.78 is 5.55. The molecule has 2 rings (SSSR count). The highest BCUT2D eigenvalue weighted by Gasteiger charge is 2.22. The SMILES string of the molecule is CN(CC1CCCO1)C(=O)c1ncccc1C#CCCO. The molecule has 5 nitrogen and oxygen atoms in total. The van der Waals surface area contributed by atoms with Crippen LogP contribution in [0.3, 0.4) is 0 Å². The molecule has 5 heteroatoms. The first-order valence-electron chi connectivity index (χ1n) is 7.14.